The van der Waals surface area contributed by atoms with Gasteiger partial charge in [-0.1, -0.05) is 47.5 Å². The number of anilines is 1. The topological polar surface area (TPSA) is 49.4 Å². The van der Waals surface area contributed by atoms with E-state index in [1.165, 1.54) is 5.56 Å². The number of nitrogens with one attached hydrogen (secondary N) is 1. The highest BCUT2D eigenvalue weighted by Gasteiger charge is 2.34. The molecular formula is C20H21ClN2O2. The zero-order valence-electron chi connectivity index (χ0n) is 14.4. The van der Waals surface area contributed by atoms with Crippen LogP contribution in [0.15, 0.2) is 42.5 Å². The molecule has 1 atom stereocenters. The van der Waals surface area contributed by atoms with Crippen LogP contribution >= 0.6 is 11.6 Å². The van der Waals surface area contributed by atoms with E-state index in [-0.39, 0.29) is 24.2 Å². The number of hydrogen-bond acceptors (Lipinski definition) is 2. The summed E-state index contributed by atoms with van der Waals surface area (Å²) in [6, 6.07) is 13.5. The molecular weight excluding hydrogens is 336 g/mol. The van der Waals surface area contributed by atoms with Gasteiger partial charge in [-0.2, -0.15) is 0 Å². The Morgan fingerprint density at radius 1 is 1.20 bits per heavy atom. The second kappa shape index (κ2) is 7.28. The smallest absolute Gasteiger partial charge is 0.229 e. The summed E-state index contributed by atoms with van der Waals surface area (Å²) >= 11 is 6.09. The molecule has 1 fully saturated rings. The number of rotatable bonds is 4. The maximum Gasteiger partial charge on any atom is 0.229 e. The predicted molar refractivity (Wildman–Crippen MR) is 99.5 cm³/mol. The van der Waals surface area contributed by atoms with Gasteiger partial charge in [-0.05, 0) is 37.1 Å². The summed E-state index contributed by atoms with van der Waals surface area (Å²) in [5, 5.41) is 3.52. The van der Waals surface area contributed by atoms with Gasteiger partial charge in [-0.15, -0.1) is 0 Å². The Bertz CT molecular complexity index is 802. The van der Waals surface area contributed by atoms with Gasteiger partial charge in [0.1, 0.15) is 0 Å². The Hall–Kier alpha value is -2.33. The first-order chi connectivity index (χ1) is 11.9. The number of hydrogen-bond donors (Lipinski definition) is 1. The zero-order valence-corrected chi connectivity index (χ0v) is 15.1. The third kappa shape index (κ3) is 4.02. The van der Waals surface area contributed by atoms with E-state index in [0.29, 0.717) is 23.8 Å². The molecule has 0 saturated carbocycles. The highest BCUT2D eigenvalue weighted by molar-refractivity contribution is 6.31. The maximum atomic E-state index is 12.5. The average molecular weight is 357 g/mol. The van der Waals surface area contributed by atoms with E-state index in [2.05, 4.69) is 5.32 Å². The minimum absolute atomic E-state index is 0.0172. The molecule has 1 N–H and O–H groups in total. The van der Waals surface area contributed by atoms with Gasteiger partial charge in [0.05, 0.1) is 5.92 Å². The van der Waals surface area contributed by atoms with Crippen LogP contribution in [0.1, 0.15) is 23.1 Å². The second-order valence-corrected chi connectivity index (χ2v) is 6.97. The highest BCUT2D eigenvalue weighted by Crippen LogP contribution is 2.26. The fourth-order valence-corrected chi connectivity index (χ4v) is 3.17. The molecule has 1 saturated heterocycles. The molecule has 2 aromatic carbocycles. The van der Waals surface area contributed by atoms with Gasteiger partial charge in [0.2, 0.25) is 11.8 Å². The van der Waals surface area contributed by atoms with Gasteiger partial charge in [0.25, 0.3) is 0 Å². The Morgan fingerprint density at radius 2 is 1.92 bits per heavy atom. The molecule has 0 aliphatic carbocycles. The Kier molecular flexibility index (Phi) is 5.09. The Balaban J connectivity index is 1.64. The SMILES string of the molecule is Cc1ccc(CN2C[C@@H](C(=O)Nc3cccc(Cl)c3C)CC2=O)cc1. The van der Waals surface area contributed by atoms with Gasteiger partial charge in [-0.25, -0.2) is 0 Å². The van der Waals surface area contributed by atoms with Crippen LogP contribution in [0.2, 0.25) is 5.02 Å². The zero-order chi connectivity index (χ0) is 18.0. The van der Waals surface area contributed by atoms with Gasteiger partial charge in [-0.3, -0.25) is 9.59 Å². The average Bonchev–Trinajstić information content (AvgIpc) is 2.95. The molecule has 0 bridgehead atoms. The van der Waals surface area contributed by atoms with E-state index in [4.69, 9.17) is 11.6 Å². The lowest BCUT2D eigenvalue weighted by Gasteiger charge is -2.17. The number of carbonyl (C=O) groups is 2. The summed E-state index contributed by atoms with van der Waals surface area (Å²) in [6.45, 7) is 4.88. The van der Waals surface area contributed by atoms with Gasteiger partial charge < -0.3 is 10.2 Å². The van der Waals surface area contributed by atoms with Crippen LogP contribution in [-0.2, 0) is 16.1 Å². The van der Waals surface area contributed by atoms with Gasteiger partial charge >= 0.3 is 0 Å². The lowest BCUT2D eigenvalue weighted by Crippen LogP contribution is -2.28. The Labute approximate surface area is 152 Å². The van der Waals surface area contributed by atoms with Gasteiger partial charge in [0, 0.05) is 30.2 Å². The molecule has 0 radical (unpaired) electrons. The van der Waals surface area contributed by atoms with E-state index >= 15 is 0 Å². The van der Waals surface area contributed by atoms with Crippen LogP contribution in [0, 0.1) is 19.8 Å². The summed E-state index contributed by atoms with van der Waals surface area (Å²) in [5.74, 6) is -0.454. The first-order valence-electron chi connectivity index (χ1n) is 8.33. The molecule has 1 aliphatic heterocycles. The van der Waals surface area contributed by atoms with Crippen molar-refractivity contribution in [1.29, 1.82) is 0 Å². The molecule has 2 amide bonds. The normalized spacial score (nSPS) is 17.0. The van der Waals surface area contributed by atoms with Crippen molar-refractivity contribution >= 4 is 29.1 Å². The Morgan fingerprint density at radius 3 is 2.64 bits per heavy atom. The van der Waals surface area contributed by atoms with Crippen molar-refractivity contribution < 1.29 is 9.59 Å². The third-order valence-corrected chi connectivity index (χ3v) is 5.01. The third-order valence-electron chi connectivity index (χ3n) is 4.60. The lowest BCUT2D eigenvalue weighted by molar-refractivity contribution is -0.128. The molecule has 1 heterocycles. The number of carbonyl (C=O) groups excluding carboxylic acids is 2. The van der Waals surface area contributed by atoms with Crippen LogP contribution in [0.3, 0.4) is 0 Å². The number of halogens is 1. The summed E-state index contributed by atoms with van der Waals surface area (Å²) in [6.07, 6.45) is 0.247. The van der Waals surface area contributed by atoms with Crippen molar-refractivity contribution in [2.75, 3.05) is 11.9 Å². The largest absolute Gasteiger partial charge is 0.338 e. The van der Waals surface area contributed by atoms with Crippen LogP contribution in [0.25, 0.3) is 0 Å². The molecule has 0 aromatic heterocycles. The summed E-state index contributed by atoms with van der Waals surface area (Å²) in [4.78, 5) is 26.5. The van der Waals surface area contributed by atoms with Gasteiger partial charge in [0.15, 0.2) is 0 Å². The molecule has 4 nitrogen and oxygen atoms in total. The van der Waals surface area contributed by atoms with E-state index in [1.807, 2.05) is 44.2 Å². The van der Waals surface area contributed by atoms with Crippen molar-refractivity contribution in [3.8, 4) is 0 Å². The number of nitrogens with zero attached hydrogens (tertiary/aromatic N) is 1. The summed E-state index contributed by atoms with van der Waals surface area (Å²) < 4.78 is 0. The molecule has 0 unspecified atom stereocenters. The molecule has 0 spiro atoms. The molecule has 2 aromatic rings. The van der Waals surface area contributed by atoms with Crippen LogP contribution in [-0.4, -0.2) is 23.3 Å². The molecule has 1 aliphatic rings. The van der Waals surface area contributed by atoms with Crippen LogP contribution < -0.4 is 5.32 Å². The van der Waals surface area contributed by atoms with E-state index in [9.17, 15) is 9.59 Å². The van der Waals surface area contributed by atoms with Crippen molar-refractivity contribution in [2.45, 2.75) is 26.8 Å². The van der Waals surface area contributed by atoms with Crippen molar-refractivity contribution in [2.24, 2.45) is 5.92 Å². The molecule has 3 rings (SSSR count). The van der Waals surface area contributed by atoms with Crippen molar-refractivity contribution in [1.82, 2.24) is 4.90 Å². The highest BCUT2D eigenvalue weighted by atomic mass is 35.5. The fraction of sp³-hybridized carbons (Fsp3) is 0.300. The second-order valence-electron chi connectivity index (χ2n) is 6.56. The van der Waals surface area contributed by atoms with E-state index < -0.39 is 0 Å². The maximum absolute atomic E-state index is 12.5. The fourth-order valence-electron chi connectivity index (χ4n) is 2.99. The summed E-state index contributed by atoms with van der Waals surface area (Å²) in [5.41, 5.74) is 3.79. The van der Waals surface area contributed by atoms with Crippen LogP contribution in [0.4, 0.5) is 5.69 Å². The number of amides is 2. The van der Waals surface area contributed by atoms with Crippen molar-refractivity contribution in [3.63, 3.8) is 0 Å². The number of aryl methyl sites for hydroxylation is 1. The quantitative estimate of drug-likeness (QED) is 0.901. The minimum Gasteiger partial charge on any atom is -0.338 e. The number of likely N-dealkylation sites (tertiary alicyclic amines) is 1. The first kappa shape index (κ1) is 17.5. The lowest BCUT2D eigenvalue weighted by atomic mass is 10.1. The minimum atomic E-state index is -0.337. The van der Waals surface area contributed by atoms with Crippen molar-refractivity contribution in [3.05, 3.63) is 64.2 Å². The molecule has 5 heteroatoms. The predicted octanol–water partition coefficient (Wildman–Crippen LogP) is 3.94. The van der Waals surface area contributed by atoms with E-state index in [0.717, 1.165) is 11.1 Å². The van der Waals surface area contributed by atoms with Crippen LogP contribution in [0.5, 0.6) is 0 Å². The standard InChI is InChI=1S/C20H21ClN2O2/c1-13-6-8-15(9-7-13)11-23-12-16(10-19(23)24)20(25)22-18-5-3-4-17(21)14(18)2/h3-9,16H,10-12H2,1-2H3,(H,22,25)/t16-/m0/s1. The molecule has 130 valence electrons. The number of benzene rings is 2. The van der Waals surface area contributed by atoms with E-state index in [1.54, 1.807) is 17.0 Å². The first-order valence-corrected chi connectivity index (χ1v) is 8.71. The monoisotopic (exact) mass is 356 g/mol. The summed E-state index contributed by atoms with van der Waals surface area (Å²) in [7, 11) is 0. The molecule has 25 heavy (non-hydrogen) atoms.